The van der Waals surface area contributed by atoms with Crippen LogP contribution < -0.4 is 16.0 Å². The molecule has 2 fully saturated rings. The van der Waals surface area contributed by atoms with Crippen molar-refractivity contribution in [3.8, 4) is 0 Å². The van der Waals surface area contributed by atoms with E-state index in [2.05, 4.69) is 20.9 Å². The molecule has 0 bridgehead atoms. The van der Waals surface area contributed by atoms with Gasteiger partial charge in [0.15, 0.2) is 0 Å². The summed E-state index contributed by atoms with van der Waals surface area (Å²) in [5.41, 5.74) is 0. The average Bonchev–Trinajstić information content (AvgIpc) is 2.98. The lowest BCUT2D eigenvalue weighted by Crippen LogP contribution is -2.45. The normalized spacial score (nSPS) is 24.0. The van der Waals surface area contributed by atoms with Crippen molar-refractivity contribution in [3.63, 3.8) is 0 Å². The molecular formula is C15H28N4O2. The smallest absolute Gasteiger partial charge is 0.234 e. The van der Waals surface area contributed by atoms with Crippen molar-refractivity contribution < 1.29 is 9.59 Å². The topological polar surface area (TPSA) is 73.5 Å². The summed E-state index contributed by atoms with van der Waals surface area (Å²) in [6.45, 7) is 6.15. The summed E-state index contributed by atoms with van der Waals surface area (Å²) in [4.78, 5) is 24.8. The van der Waals surface area contributed by atoms with Gasteiger partial charge in [-0.1, -0.05) is 0 Å². The Hall–Kier alpha value is -1.14. The van der Waals surface area contributed by atoms with Gasteiger partial charge < -0.3 is 16.0 Å². The molecule has 1 unspecified atom stereocenters. The molecule has 21 heavy (non-hydrogen) atoms. The Morgan fingerprint density at radius 2 is 1.86 bits per heavy atom. The van der Waals surface area contributed by atoms with Crippen molar-refractivity contribution >= 4 is 11.8 Å². The number of carbonyl (C=O) groups excluding carboxylic acids is 2. The summed E-state index contributed by atoms with van der Waals surface area (Å²) >= 11 is 0. The van der Waals surface area contributed by atoms with Gasteiger partial charge in [0.25, 0.3) is 0 Å². The van der Waals surface area contributed by atoms with Crippen LogP contribution in [0.5, 0.6) is 0 Å². The Balaban J connectivity index is 1.57. The van der Waals surface area contributed by atoms with Crippen LogP contribution in [0.3, 0.4) is 0 Å². The number of piperidine rings is 1. The van der Waals surface area contributed by atoms with E-state index >= 15 is 0 Å². The summed E-state index contributed by atoms with van der Waals surface area (Å²) in [5.74, 6) is 0.774. The maximum atomic E-state index is 11.8. The third kappa shape index (κ3) is 5.63. The van der Waals surface area contributed by atoms with Crippen molar-refractivity contribution in [1.29, 1.82) is 0 Å². The highest BCUT2D eigenvalue weighted by molar-refractivity contribution is 5.78. The van der Waals surface area contributed by atoms with Gasteiger partial charge in [-0.05, 0) is 51.2 Å². The molecule has 6 nitrogen and oxygen atoms in total. The molecule has 2 aliphatic rings. The zero-order chi connectivity index (χ0) is 15.1. The first-order valence-corrected chi connectivity index (χ1v) is 8.12. The van der Waals surface area contributed by atoms with E-state index in [0.29, 0.717) is 25.7 Å². The van der Waals surface area contributed by atoms with Crippen LogP contribution in [0.2, 0.25) is 0 Å². The second kappa shape index (κ2) is 8.34. The highest BCUT2D eigenvalue weighted by Gasteiger charge is 2.28. The summed E-state index contributed by atoms with van der Waals surface area (Å²) in [5, 5.41) is 9.10. The van der Waals surface area contributed by atoms with Crippen LogP contribution in [0, 0.1) is 5.92 Å². The number of nitrogens with one attached hydrogen (secondary N) is 3. The Kier molecular flexibility index (Phi) is 6.45. The van der Waals surface area contributed by atoms with E-state index in [4.69, 9.17) is 0 Å². The minimum absolute atomic E-state index is 0.0535. The predicted molar refractivity (Wildman–Crippen MR) is 81.9 cm³/mol. The Bertz CT molecular complexity index is 348. The third-order valence-electron chi connectivity index (χ3n) is 4.49. The molecule has 0 aliphatic carbocycles. The molecule has 0 aromatic heterocycles. The molecule has 120 valence electrons. The van der Waals surface area contributed by atoms with Crippen molar-refractivity contribution in [2.75, 3.05) is 39.3 Å². The maximum Gasteiger partial charge on any atom is 0.234 e. The molecule has 1 atom stereocenters. The van der Waals surface area contributed by atoms with Crippen LogP contribution in [-0.4, -0.2) is 62.0 Å². The van der Waals surface area contributed by atoms with Crippen molar-refractivity contribution in [1.82, 2.24) is 20.9 Å². The van der Waals surface area contributed by atoms with Gasteiger partial charge >= 0.3 is 0 Å². The minimum Gasteiger partial charge on any atom is -0.355 e. The molecule has 2 heterocycles. The summed E-state index contributed by atoms with van der Waals surface area (Å²) < 4.78 is 0. The monoisotopic (exact) mass is 296 g/mol. The second-order valence-electron chi connectivity index (χ2n) is 6.15. The third-order valence-corrected chi connectivity index (χ3v) is 4.49. The van der Waals surface area contributed by atoms with Crippen LogP contribution >= 0.6 is 0 Å². The minimum atomic E-state index is -0.0631. The Morgan fingerprint density at radius 3 is 2.48 bits per heavy atom. The van der Waals surface area contributed by atoms with Gasteiger partial charge in [-0.3, -0.25) is 14.5 Å². The summed E-state index contributed by atoms with van der Waals surface area (Å²) in [6, 6.07) is 0.707. The molecule has 2 amide bonds. The zero-order valence-electron chi connectivity index (χ0n) is 13.0. The van der Waals surface area contributed by atoms with E-state index in [-0.39, 0.29) is 11.8 Å². The van der Waals surface area contributed by atoms with Crippen LogP contribution in [0.1, 0.15) is 32.6 Å². The van der Waals surface area contributed by atoms with Crippen LogP contribution in [0.25, 0.3) is 0 Å². The number of likely N-dealkylation sites (tertiary alicyclic amines) is 1. The van der Waals surface area contributed by atoms with E-state index < -0.39 is 0 Å². The SMILES string of the molecule is CC(=O)NCCNC(=O)CN1CCC(C2CCCN2)CC1. The highest BCUT2D eigenvalue weighted by Crippen LogP contribution is 2.25. The molecule has 0 aromatic carbocycles. The molecule has 6 heteroatoms. The number of amides is 2. The number of hydrogen-bond acceptors (Lipinski definition) is 4. The second-order valence-corrected chi connectivity index (χ2v) is 6.15. The van der Waals surface area contributed by atoms with Gasteiger partial charge in [-0.15, -0.1) is 0 Å². The molecule has 0 saturated carbocycles. The van der Waals surface area contributed by atoms with Crippen molar-refractivity contribution in [2.45, 2.75) is 38.6 Å². The first-order chi connectivity index (χ1) is 10.1. The molecular weight excluding hydrogens is 268 g/mol. The molecule has 2 saturated heterocycles. The first-order valence-electron chi connectivity index (χ1n) is 8.12. The lowest BCUT2D eigenvalue weighted by molar-refractivity contribution is -0.123. The van der Waals surface area contributed by atoms with Crippen LogP contribution in [0.15, 0.2) is 0 Å². The van der Waals surface area contributed by atoms with Crippen LogP contribution in [0.4, 0.5) is 0 Å². The summed E-state index contributed by atoms with van der Waals surface area (Å²) in [7, 11) is 0. The maximum absolute atomic E-state index is 11.8. The zero-order valence-corrected chi connectivity index (χ0v) is 13.0. The van der Waals surface area contributed by atoms with Gasteiger partial charge in [-0.2, -0.15) is 0 Å². The summed E-state index contributed by atoms with van der Waals surface area (Å²) in [6.07, 6.45) is 5.00. The molecule has 0 radical (unpaired) electrons. The average molecular weight is 296 g/mol. The van der Waals surface area contributed by atoms with Crippen molar-refractivity contribution in [2.24, 2.45) is 5.92 Å². The fourth-order valence-electron chi connectivity index (χ4n) is 3.33. The largest absolute Gasteiger partial charge is 0.355 e. The van der Waals surface area contributed by atoms with E-state index in [1.54, 1.807) is 0 Å². The lowest BCUT2D eigenvalue weighted by Gasteiger charge is -2.34. The van der Waals surface area contributed by atoms with Gasteiger partial charge in [0.2, 0.25) is 11.8 Å². The number of nitrogens with zero attached hydrogens (tertiary/aromatic N) is 1. The number of hydrogen-bond donors (Lipinski definition) is 3. The van der Waals surface area contributed by atoms with E-state index in [0.717, 1.165) is 19.0 Å². The molecule has 0 aromatic rings. The molecule has 0 spiro atoms. The fourth-order valence-corrected chi connectivity index (χ4v) is 3.33. The quantitative estimate of drug-likeness (QED) is 0.589. The van der Waals surface area contributed by atoms with E-state index in [1.165, 1.54) is 39.2 Å². The Labute approximate surface area is 127 Å². The molecule has 2 aliphatic heterocycles. The van der Waals surface area contributed by atoms with E-state index in [9.17, 15) is 9.59 Å². The number of rotatable bonds is 6. The van der Waals surface area contributed by atoms with E-state index in [1.807, 2.05) is 0 Å². The first kappa shape index (κ1) is 16.2. The predicted octanol–water partition coefficient (Wildman–Crippen LogP) is -0.297. The lowest BCUT2D eigenvalue weighted by atomic mass is 9.88. The fraction of sp³-hybridized carbons (Fsp3) is 0.867. The number of carbonyl (C=O) groups is 2. The highest BCUT2D eigenvalue weighted by atomic mass is 16.2. The van der Waals surface area contributed by atoms with Gasteiger partial charge in [-0.25, -0.2) is 0 Å². The Morgan fingerprint density at radius 1 is 1.14 bits per heavy atom. The van der Waals surface area contributed by atoms with Crippen LogP contribution in [-0.2, 0) is 9.59 Å². The molecule has 3 N–H and O–H groups in total. The standard InChI is InChI=1S/C15H28N4O2/c1-12(20)16-7-8-18-15(21)11-19-9-4-13(5-10-19)14-3-2-6-17-14/h13-14,17H,2-11H2,1H3,(H,16,20)(H,18,21). The van der Waals surface area contributed by atoms with Gasteiger partial charge in [0, 0.05) is 26.1 Å². The van der Waals surface area contributed by atoms with Crippen molar-refractivity contribution in [3.05, 3.63) is 0 Å². The molecule has 2 rings (SSSR count). The van der Waals surface area contributed by atoms with Gasteiger partial charge in [0.05, 0.1) is 6.54 Å². The van der Waals surface area contributed by atoms with Gasteiger partial charge in [0.1, 0.15) is 0 Å².